The highest BCUT2D eigenvalue weighted by molar-refractivity contribution is 5.72. The van der Waals surface area contributed by atoms with Gasteiger partial charge in [0.05, 0.1) is 6.10 Å². The summed E-state index contributed by atoms with van der Waals surface area (Å²) in [6.45, 7) is 1.38. The number of hydrogen-bond donors (Lipinski definition) is 4. The van der Waals surface area contributed by atoms with E-state index in [2.05, 4.69) is 5.32 Å². The number of phenolic OH excluding ortho intramolecular Hbond substituents is 1. The number of aliphatic hydroxyl groups is 2. The second-order valence-electron chi connectivity index (χ2n) is 4.09. The zero-order chi connectivity index (χ0) is 14.6. The van der Waals surface area contributed by atoms with E-state index in [9.17, 15) is 23.8 Å². The number of phenols is 1. The summed E-state index contributed by atoms with van der Waals surface area (Å²) in [6, 6.07) is 1.87. The van der Waals surface area contributed by atoms with Crippen LogP contribution in [0.15, 0.2) is 12.1 Å². The molecule has 106 valence electrons. The molecule has 5 nitrogen and oxygen atoms in total. The van der Waals surface area contributed by atoms with Gasteiger partial charge < -0.3 is 20.6 Å². The van der Waals surface area contributed by atoms with Crippen LogP contribution in [0, 0.1) is 11.6 Å². The Morgan fingerprint density at radius 2 is 1.95 bits per heavy atom. The van der Waals surface area contributed by atoms with Crippen LogP contribution in [0.4, 0.5) is 8.78 Å². The molecule has 0 aliphatic heterocycles. The van der Waals surface area contributed by atoms with Gasteiger partial charge in [-0.1, -0.05) is 0 Å². The van der Waals surface area contributed by atoms with Crippen LogP contribution in [0.5, 0.6) is 5.75 Å². The summed E-state index contributed by atoms with van der Waals surface area (Å²) in [5, 5.41) is 30.7. The number of amides is 1. The number of carbonyl (C=O) groups excluding carboxylic acids is 1. The summed E-state index contributed by atoms with van der Waals surface area (Å²) < 4.78 is 26.5. The van der Waals surface area contributed by atoms with Crippen molar-refractivity contribution in [1.29, 1.82) is 0 Å². The predicted octanol–water partition coefficient (Wildman–Crippen LogP) is 0.591. The molecule has 0 saturated carbocycles. The van der Waals surface area contributed by atoms with Crippen LogP contribution in [0.3, 0.4) is 0 Å². The van der Waals surface area contributed by atoms with Crippen LogP contribution in [0.2, 0.25) is 0 Å². The molecular weight excluding hydrogens is 260 g/mol. The van der Waals surface area contributed by atoms with Gasteiger partial charge in [0.25, 0.3) is 0 Å². The summed E-state index contributed by atoms with van der Waals surface area (Å²) in [5.41, 5.74) is -0.453. The molecule has 0 fully saturated rings. The van der Waals surface area contributed by atoms with Gasteiger partial charge in [-0.2, -0.15) is 4.39 Å². The lowest BCUT2D eigenvalue weighted by Crippen LogP contribution is -2.28. The fourth-order valence-electron chi connectivity index (χ4n) is 1.54. The molecule has 7 heteroatoms. The van der Waals surface area contributed by atoms with Gasteiger partial charge in [0.2, 0.25) is 11.7 Å². The van der Waals surface area contributed by atoms with Crippen LogP contribution < -0.4 is 5.32 Å². The summed E-state index contributed by atoms with van der Waals surface area (Å²) in [4.78, 5) is 10.6. The zero-order valence-electron chi connectivity index (χ0n) is 10.2. The fraction of sp³-hybridized carbons (Fsp3) is 0.417. The summed E-state index contributed by atoms with van der Waals surface area (Å²) in [6.07, 6.45) is -3.04. The third-order valence-corrected chi connectivity index (χ3v) is 2.59. The Labute approximate surface area is 108 Å². The Morgan fingerprint density at radius 1 is 1.32 bits per heavy atom. The number of halogens is 2. The smallest absolute Gasteiger partial charge is 0.216 e. The first-order valence-corrected chi connectivity index (χ1v) is 5.62. The van der Waals surface area contributed by atoms with Crippen molar-refractivity contribution in [2.45, 2.75) is 25.6 Å². The molecule has 19 heavy (non-hydrogen) atoms. The van der Waals surface area contributed by atoms with E-state index in [1.54, 1.807) is 0 Å². The molecule has 0 aliphatic rings. The minimum Gasteiger partial charge on any atom is -0.505 e. The molecule has 0 heterocycles. The molecule has 0 saturated heterocycles. The molecule has 0 radical (unpaired) electrons. The zero-order valence-corrected chi connectivity index (χ0v) is 10.2. The van der Waals surface area contributed by atoms with Gasteiger partial charge in [0, 0.05) is 19.0 Å². The van der Waals surface area contributed by atoms with Crippen molar-refractivity contribution in [3.63, 3.8) is 0 Å². The van der Waals surface area contributed by atoms with Crippen molar-refractivity contribution in [1.82, 2.24) is 5.32 Å². The Kier molecular flexibility index (Phi) is 5.20. The normalized spacial score (nSPS) is 13.9. The van der Waals surface area contributed by atoms with Crippen LogP contribution >= 0.6 is 0 Å². The largest absolute Gasteiger partial charge is 0.505 e. The molecule has 2 unspecified atom stereocenters. The van der Waals surface area contributed by atoms with E-state index in [4.69, 9.17) is 5.11 Å². The van der Waals surface area contributed by atoms with Gasteiger partial charge in [-0.05, 0) is 18.6 Å². The molecule has 4 N–H and O–H groups in total. The summed E-state index contributed by atoms with van der Waals surface area (Å²) in [5.74, 6) is -4.07. The first-order valence-electron chi connectivity index (χ1n) is 5.62. The standard InChI is InChI=1S/C12H15F2NO4/c1-6(16)15-5-4-9(18)12(19)7-2-3-8(17)11(14)10(7)13/h2-3,9,12,17-19H,4-5H2,1H3,(H,15,16). The maximum atomic E-state index is 13.4. The third kappa shape index (κ3) is 3.87. The molecule has 1 rings (SSSR count). The molecule has 0 aromatic heterocycles. The SMILES string of the molecule is CC(=O)NCCC(O)C(O)c1ccc(O)c(F)c1F. The topological polar surface area (TPSA) is 89.8 Å². The second kappa shape index (κ2) is 6.44. The van der Waals surface area contributed by atoms with E-state index < -0.39 is 35.2 Å². The average molecular weight is 275 g/mol. The van der Waals surface area contributed by atoms with Gasteiger partial charge >= 0.3 is 0 Å². The van der Waals surface area contributed by atoms with Gasteiger partial charge in [0.15, 0.2) is 11.6 Å². The Balaban J connectivity index is 2.74. The molecule has 2 atom stereocenters. The van der Waals surface area contributed by atoms with E-state index in [1.165, 1.54) is 6.92 Å². The van der Waals surface area contributed by atoms with Crippen molar-refractivity contribution in [3.8, 4) is 5.75 Å². The second-order valence-corrected chi connectivity index (χ2v) is 4.09. The van der Waals surface area contributed by atoms with E-state index >= 15 is 0 Å². The first kappa shape index (κ1) is 15.3. The summed E-state index contributed by atoms with van der Waals surface area (Å²) in [7, 11) is 0. The van der Waals surface area contributed by atoms with Crippen molar-refractivity contribution in [2.24, 2.45) is 0 Å². The molecule has 0 bridgehead atoms. The van der Waals surface area contributed by atoms with E-state index in [1.807, 2.05) is 0 Å². The van der Waals surface area contributed by atoms with Crippen LogP contribution in [0.1, 0.15) is 25.0 Å². The number of aliphatic hydroxyl groups excluding tert-OH is 2. The Morgan fingerprint density at radius 3 is 2.53 bits per heavy atom. The first-order chi connectivity index (χ1) is 8.84. The average Bonchev–Trinajstić information content (AvgIpc) is 2.35. The number of nitrogens with one attached hydrogen (secondary N) is 1. The maximum Gasteiger partial charge on any atom is 0.216 e. The van der Waals surface area contributed by atoms with Crippen LogP contribution in [-0.2, 0) is 4.79 Å². The lowest BCUT2D eigenvalue weighted by atomic mass is 10.0. The highest BCUT2D eigenvalue weighted by atomic mass is 19.2. The molecule has 1 aromatic rings. The summed E-state index contributed by atoms with van der Waals surface area (Å²) >= 11 is 0. The maximum absolute atomic E-state index is 13.4. The van der Waals surface area contributed by atoms with E-state index in [0.29, 0.717) is 0 Å². The Bertz CT molecular complexity index is 467. The molecule has 1 aromatic carbocycles. The predicted molar refractivity (Wildman–Crippen MR) is 62.3 cm³/mol. The van der Waals surface area contributed by atoms with Crippen molar-refractivity contribution >= 4 is 5.91 Å². The highest BCUT2D eigenvalue weighted by Crippen LogP contribution is 2.27. The number of rotatable bonds is 5. The molecule has 0 aliphatic carbocycles. The van der Waals surface area contributed by atoms with Crippen molar-refractivity contribution in [3.05, 3.63) is 29.3 Å². The van der Waals surface area contributed by atoms with Crippen molar-refractivity contribution in [2.75, 3.05) is 6.54 Å². The van der Waals surface area contributed by atoms with Gasteiger partial charge in [0.1, 0.15) is 6.10 Å². The lowest BCUT2D eigenvalue weighted by molar-refractivity contribution is -0.119. The monoisotopic (exact) mass is 275 g/mol. The van der Waals surface area contributed by atoms with Crippen LogP contribution in [0.25, 0.3) is 0 Å². The van der Waals surface area contributed by atoms with Crippen molar-refractivity contribution < 1.29 is 28.9 Å². The number of carbonyl (C=O) groups is 1. The van der Waals surface area contributed by atoms with E-state index in [0.717, 1.165) is 12.1 Å². The minimum atomic E-state index is -1.65. The number of hydrogen-bond acceptors (Lipinski definition) is 4. The van der Waals surface area contributed by atoms with Crippen LogP contribution in [-0.4, -0.2) is 33.9 Å². The van der Waals surface area contributed by atoms with Gasteiger partial charge in [-0.15, -0.1) is 0 Å². The number of benzene rings is 1. The Hall–Kier alpha value is -1.73. The highest BCUT2D eigenvalue weighted by Gasteiger charge is 2.24. The van der Waals surface area contributed by atoms with Gasteiger partial charge in [-0.25, -0.2) is 4.39 Å². The number of aromatic hydroxyl groups is 1. The molecule has 1 amide bonds. The van der Waals surface area contributed by atoms with Gasteiger partial charge in [-0.3, -0.25) is 4.79 Å². The molecular formula is C12H15F2NO4. The quantitative estimate of drug-likeness (QED) is 0.633. The molecule has 0 spiro atoms. The third-order valence-electron chi connectivity index (χ3n) is 2.59. The van der Waals surface area contributed by atoms with E-state index in [-0.39, 0.29) is 18.9 Å². The minimum absolute atomic E-state index is 0.0251. The lowest BCUT2D eigenvalue weighted by Gasteiger charge is -2.19. The fourth-order valence-corrected chi connectivity index (χ4v) is 1.54.